The summed E-state index contributed by atoms with van der Waals surface area (Å²) < 4.78 is 0. The normalized spacial score (nSPS) is 13.1. The standard InChI is InChI=1S/C17H23N/c1-14(8-7-13-18(2)3)16-12-6-10-15-9-4-5-11-17(15)16/h4-6,9-12,14H,7-8,13H2,1-3H3. The molecule has 0 aliphatic rings. The first kappa shape index (κ1) is 13.1. The van der Waals surface area contributed by atoms with Crippen molar-refractivity contribution >= 4 is 10.8 Å². The van der Waals surface area contributed by atoms with Crippen molar-refractivity contribution in [1.29, 1.82) is 0 Å². The molecule has 2 aromatic rings. The molecule has 2 rings (SSSR count). The number of hydrogen-bond donors (Lipinski definition) is 0. The van der Waals surface area contributed by atoms with E-state index in [0.717, 1.165) is 0 Å². The summed E-state index contributed by atoms with van der Waals surface area (Å²) >= 11 is 0. The zero-order valence-electron chi connectivity index (χ0n) is 11.7. The smallest absolute Gasteiger partial charge is 0.00246 e. The minimum Gasteiger partial charge on any atom is -0.309 e. The summed E-state index contributed by atoms with van der Waals surface area (Å²) in [5.41, 5.74) is 1.49. The van der Waals surface area contributed by atoms with Gasteiger partial charge in [-0.3, -0.25) is 0 Å². The van der Waals surface area contributed by atoms with Crippen LogP contribution in [0, 0.1) is 0 Å². The Morgan fingerprint density at radius 1 is 1.00 bits per heavy atom. The molecule has 0 bridgehead atoms. The van der Waals surface area contributed by atoms with Crippen LogP contribution in [0.15, 0.2) is 42.5 Å². The number of fused-ring (bicyclic) bond motifs is 1. The topological polar surface area (TPSA) is 3.24 Å². The number of rotatable bonds is 5. The Kier molecular flexibility index (Phi) is 4.38. The Morgan fingerprint density at radius 2 is 1.72 bits per heavy atom. The molecule has 0 fully saturated rings. The van der Waals surface area contributed by atoms with E-state index in [9.17, 15) is 0 Å². The van der Waals surface area contributed by atoms with Crippen molar-refractivity contribution in [3.8, 4) is 0 Å². The first-order valence-corrected chi connectivity index (χ1v) is 6.81. The van der Waals surface area contributed by atoms with E-state index in [1.54, 1.807) is 0 Å². The lowest BCUT2D eigenvalue weighted by atomic mass is 9.91. The molecule has 0 saturated carbocycles. The molecule has 0 spiro atoms. The largest absolute Gasteiger partial charge is 0.309 e. The second-order valence-electron chi connectivity index (χ2n) is 5.41. The highest BCUT2D eigenvalue weighted by atomic mass is 15.0. The molecule has 0 aliphatic carbocycles. The Morgan fingerprint density at radius 3 is 2.50 bits per heavy atom. The van der Waals surface area contributed by atoms with Gasteiger partial charge in [-0.2, -0.15) is 0 Å². The molecule has 1 heteroatoms. The van der Waals surface area contributed by atoms with Gasteiger partial charge in [0, 0.05) is 0 Å². The minimum absolute atomic E-state index is 0.635. The highest BCUT2D eigenvalue weighted by Crippen LogP contribution is 2.28. The second-order valence-corrected chi connectivity index (χ2v) is 5.41. The molecule has 0 aromatic heterocycles. The summed E-state index contributed by atoms with van der Waals surface area (Å²) in [6.07, 6.45) is 2.52. The van der Waals surface area contributed by atoms with Crippen molar-refractivity contribution in [2.45, 2.75) is 25.7 Å². The predicted octanol–water partition coefficient (Wildman–Crippen LogP) is 4.29. The van der Waals surface area contributed by atoms with Crippen LogP contribution < -0.4 is 0 Å². The second kappa shape index (κ2) is 6.01. The highest BCUT2D eigenvalue weighted by molar-refractivity contribution is 5.86. The van der Waals surface area contributed by atoms with Crippen LogP contribution in [0.25, 0.3) is 10.8 Å². The Balaban J connectivity index is 2.15. The lowest BCUT2D eigenvalue weighted by Crippen LogP contribution is -2.13. The van der Waals surface area contributed by atoms with Crippen LogP contribution in [0.5, 0.6) is 0 Å². The molecule has 1 nitrogen and oxygen atoms in total. The average molecular weight is 241 g/mol. The third kappa shape index (κ3) is 3.11. The third-order valence-corrected chi connectivity index (χ3v) is 3.60. The maximum absolute atomic E-state index is 2.34. The van der Waals surface area contributed by atoms with Gasteiger partial charge in [0.15, 0.2) is 0 Å². The van der Waals surface area contributed by atoms with Crippen LogP contribution in [0.1, 0.15) is 31.2 Å². The summed E-state index contributed by atoms with van der Waals surface area (Å²) in [5, 5.41) is 2.77. The zero-order chi connectivity index (χ0) is 13.0. The monoisotopic (exact) mass is 241 g/mol. The molecule has 96 valence electrons. The van der Waals surface area contributed by atoms with E-state index in [1.165, 1.54) is 35.7 Å². The number of nitrogens with zero attached hydrogens (tertiary/aromatic N) is 1. The molecule has 1 unspecified atom stereocenters. The first-order chi connectivity index (χ1) is 8.68. The molecule has 2 aromatic carbocycles. The van der Waals surface area contributed by atoms with Gasteiger partial charge in [-0.25, -0.2) is 0 Å². The van der Waals surface area contributed by atoms with Gasteiger partial charge in [0.05, 0.1) is 0 Å². The van der Waals surface area contributed by atoms with Gasteiger partial charge >= 0.3 is 0 Å². The van der Waals surface area contributed by atoms with Gasteiger partial charge < -0.3 is 4.90 Å². The predicted molar refractivity (Wildman–Crippen MR) is 80.2 cm³/mol. The summed E-state index contributed by atoms with van der Waals surface area (Å²) in [6.45, 7) is 3.52. The van der Waals surface area contributed by atoms with E-state index in [-0.39, 0.29) is 0 Å². The van der Waals surface area contributed by atoms with Crippen molar-refractivity contribution in [3.63, 3.8) is 0 Å². The van der Waals surface area contributed by atoms with E-state index >= 15 is 0 Å². The van der Waals surface area contributed by atoms with Crippen LogP contribution >= 0.6 is 0 Å². The van der Waals surface area contributed by atoms with Gasteiger partial charge in [-0.1, -0.05) is 49.4 Å². The summed E-state index contributed by atoms with van der Waals surface area (Å²) in [6, 6.07) is 15.4. The Bertz CT molecular complexity index is 496. The van der Waals surface area contributed by atoms with E-state index in [1.807, 2.05) is 0 Å². The van der Waals surface area contributed by atoms with Crippen molar-refractivity contribution in [2.24, 2.45) is 0 Å². The fourth-order valence-corrected chi connectivity index (χ4v) is 2.55. The minimum atomic E-state index is 0.635. The molecule has 0 N–H and O–H groups in total. The van der Waals surface area contributed by atoms with Crippen LogP contribution in [0.4, 0.5) is 0 Å². The molecule has 0 radical (unpaired) electrons. The van der Waals surface area contributed by atoms with Crippen LogP contribution in [-0.4, -0.2) is 25.5 Å². The molecule has 18 heavy (non-hydrogen) atoms. The molecular formula is C17H23N. The van der Waals surface area contributed by atoms with E-state index in [4.69, 9.17) is 0 Å². The Labute approximate surface area is 110 Å². The molecule has 0 amide bonds. The van der Waals surface area contributed by atoms with Crippen molar-refractivity contribution in [1.82, 2.24) is 4.90 Å². The van der Waals surface area contributed by atoms with Crippen molar-refractivity contribution < 1.29 is 0 Å². The van der Waals surface area contributed by atoms with E-state index < -0.39 is 0 Å². The third-order valence-electron chi connectivity index (χ3n) is 3.60. The van der Waals surface area contributed by atoms with Gasteiger partial charge in [0.25, 0.3) is 0 Å². The van der Waals surface area contributed by atoms with Crippen LogP contribution in [0.3, 0.4) is 0 Å². The molecule has 0 heterocycles. The van der Waals surface area contributed by atoms with Gasteiger partial charge in [0.2, 0.25) is 0 Å². The summed E-state index contributed by atoms with van der Waals surface area (Å²) in [7, 11) is 4.28. The average Bonchev–Trinajstić information content (AvgIpc) is 2.37. The Hall–Kier alpha value is -1.34. The fourth-order valence-electron chi connectivity index (χ4n) is 2.55. The van der Waals surface area contributed by atoms with E-state index in [0.29, 0.717) is 5.92 Å². The van der Waals surface area contributed by atoms with E-state index in [2.05, 4.69) is 68.4 Å². The summed E-state index contributed by atoms with van der Waals surface area (Å²) in [5.74, 6) is 0.635. The van der Waals surface area contributed by atoms with Crippen LogP contribution in [-0.2, 0) is 0 Å². The number of hydrogen-bond acceptors (Lipinski definition) is 1. The number of benzene rings is 2. The molecular weight excluding hydrogens is 218 g/mol. The molecule has 0 aliphatic heterocycles. The van der Waals surface area contributed by atoms with Gasteiger partial charge in [-0.15, -0.1) is 0 Å². The fraction of sp³-hybridized carbons (Fsp3) is 0.412. The van der Waals surface area contributed by atoms with Crippen LogP contribution in [0.2, 0.25) is 0 Å². The zero-order valence-corrected chi connectivity index (χ0v) is 11.7. The van der Waals surface area contributed by atoms with Crippen molar-refractivity contribution in [3.05, 3.63) is 48.0 Å². The SMILES string of the molecule is CC(CCCN(C)C)c1cccc2ccccc12. The van der Waals surface area contributed by atoms with Gasteiger partial charge in [0.1, 0.15) is 0 Å². The maximum atomic E-state index is 2.34. The highest BCUT2D eigenvalue weighted by Gasteiger charge is 2.08. The van der Waals surface area contributed by atoms with Crippen molar-refractivity contribution in [2.75, 3.05) is 20.6 Å². The van der Waals surface area contributed by atoms with Gasteiger partial charge in [-0.05, 0) is 55.7 Å². The lowest BCUT2D eigenvalue weighted by molar-refractivity contribution is 0.388. The maximum Gasteiger partial charge on any atom is -0.00246 e. The first-order valence-electron chi connectivity index (χ1n) is 6.81. The lowest BCUT2D eigenvalue weighted by Gasteiger charge is -2.16. The quantitative estimate of drug-likeness (QED) is 0.755. The molecule has 1 atom stereocenters. The molecule has 0 saturated heterocycles. The summed E-state index contributed by atoms with van der Waals surface area (Å²) in [4.78, 5) is 2.26.